The van der Waals surface area contributed by atoms with Crippen LogP contribution in [0.4, 0.5) is 5.69 Å². The van der Waals surface area contributed by atoms with Gasteiger partial charge >= 0.3 is 0 Å². The number of anilines is 1. The van der Waals surface area contributed by atoms with Crippen molar-refractivity contribution in [2.75, 3.05) is 11.9 Å². The Morgan fingerprint density at radius 3 is 2.35 bits per heavy atom. The molecule has 0 saturated carbocycles. The van der Waals surface area contributed by atoms with E-state index < -0.39 is 0 Å². The first kappa shape index (κ1) is 13.7. The summed E-state index contributed by atoms with van der Waals surface area (Å²) in [5.41, 5.74) is 3.40. The summed E-state index contributed by atoms with van der Waals surface area (Å²) in [4.78, 5) is 0. The van der Waals surface area contributed by atoms with Gasteiger partial charge in [-0.15, -0.1) is 0 Å². The highest BCUT2D eigenvalue weighted by molar-refractivity contribution is 7.80. The summed E-state index contributed by atoms with van der Waals surface area (Å²) in [6.07, 6.45) is 0. The molecule has 0 spiro atoms. The smallest absolute Gasteiger partial charge is 0.171 e. The Morgan fingerprint density at radius 2 is 1.88 bits per heavy atom. The Morgan fingerprint density at radius 1 is 1.29 bits per heavy atom. The van der Waals surface area contributed by atoms with Gasteiger partial charge in [0.15, 0.2) is 5.11 Å². The number of benzene rings is 1. The van der Waals surface area contributed by atoms with Crippen molar-refractivity contribution in [2.24, 2.45) is 0 Å². The highest BCUT2D eigenvalue weighted by atomic mass is 32.1. The van der Waals surface area contributed by atoms with Gasteiger partial charge in [-0.2, -0.15) is 0 Å². The Hall–Kier alpha value is -1.35. The molecular weight excluding hydrogens is 228 g/mol. The first-order chi connectivity index (χ1) is 7.99. The average Bonchev–Trinajstić information content (AvgIpc) is 2.27. The third kappa shape index (κ3) is 5.00. The highest BCUT2D eigenvalue weighted by Crippen LogP contribution is 2.16. The van der Waals surface area contributed by atoms with Crippen molar-refractivity contribution < 1.29 is 0 Å². The van der Waals surface area contributed by atoms with Crippen molar-refractivity contribution in [1.82, 2.24) is 5.32 Å². The van der Waals surface area contributed by atoms with E-state index in [0.717, 1.165) is 11.3 Å². The molecule has 3 heteroatoms. The SMILES string of the molecule is C=C(C)CNC(=S)Nc1ccc(C(C)C)cc1. The lowest BCUT2D eigenvalue weighted by Gasteiger charge is -2.11. The number of rotatable bonds is 4. The Balaban J connectivity index is 2.51. The molecular formula is C14H20N2S. The second kappa shape index (κ2) is 6.40. The molecule has 0 atom stereocenters. The number of hydrogen-bond acceptors (Lipinski definition) is 1. The zero-order valence-electron chi connectivity index (χ0n) is 10.7. The van der Waals surface area contributed by atoms with E-state index in [1.165, 1.54) is 5.56 Å². The van der Waals surface area contributed by atoms with Crippen LogP contribution in [0.25, 0.3) is 0 Å². The second-order valence-electron chi connectivity index (χ2n) is 4.54. The predicted molar refractivity (Wildman–Crippen MR) is 79.6 cm³/mol. The summed E-state index contributed by atoms with van der Waals surface area (Å²) in [6.45, 7) is 10.8. The first-order valence-electron chi connectivity index (χ1n) is 5.78. The summed E-state index contributed by atoms with van der Waals surface area (Å²) >= 11 is 5.18. The van der Waals surface area contributed by atoms with Gasteiger partial charge in [0.2, 0.25) is 0 Å². The van der Waals surface area contributed by atoms with E-state index in [-0.39, 0.29) is 0 Å². The topological polar surface area (TPSA) is 24.1 Å². The molecule has 0 fully saturated rings. The van der Waals surface area contributed by atoms with Crippen LogP contribution in [0.5, 0.6) is 0 Å². The molecule has 17 heavy (non-hydrogen) atoms. The van der Waals surface area contributed by atoms with Gasteiger partial charge in [0.25, 0.3) is 0 Å². The van der Waals surface area contributed by atoms with E-state index in [1.54, 1.807) is 0 Å². The quantitative estimate of drug-likeness (QED) is 0.628. The van der Waals surface area contributed by atoms with Crippen molar-refractivity contribution in [3.8, 4) is 0 Å². The van der Waals surface area contributed by atoms with E-state index in [9.17, 15) is 0 Å². The van der Waals surface area contributed by atoms with E-state index in [1.807, 2.05) is 19.1 Å². The average molecular weight is 248 g/mol. The highest BCUT2D eigenvalue weighted by Gasteiger charge is 2.00. The molecule has 0 aromatic heterocycles. The minimum atomic E-state index is 0.553. The fraction of sp³-hybridized carbons (Fsp3) is 0.357. The molecule has 1 rings (SSSR count). The third-order valence-electron chi connectivity index (χ3n) is 2.39. The fourth-order valence-electron chi connectivity index (χ4n) is 1.36. The van der Waals surface area contributed by atoms with E-state index in [0.29, 0.717) is 17.6 Å². The minimum Gasteiger partial charge on any atom is -0.359 e. The minimum absolute atomic E-state index is 0.553. The zero-order valence-corrected chi connectivity index (χ0v) is 11.5. The van der Waals surface area contributed by atoms with Gasteiger partial charge in [0, 0.05) is 12.2 Å². The Labute approximate surface area is 109 Å². The standard InChI is InChI=1S/C14H20N2S/c1-10(2)9-15-14(17)16-13-7-5-12(6-8-13)11(3)4/h5-8,11H,1,9H2,2-4H3,(H2,15,16,17). The summed E-state index contributed by atoms with van der Waals surface area (Å²) in [5, 5.41) is 6.86. The lowest BCUT2D eigenvalue weighted by atomic mass is 10.0. The van der Waals surface area contributed by atoms with Gasteiger partial charge in [-0.25, -0.2) is 0 Å². The summed E-state index contributed by atoms with van der Waals surface area (Å²) < 4.78 is 0. The lowest BCUT2D eigenvalue weighted by Crippen LogP contribution is -2.29. The van der Waals surface area contributed by atoms with Crippen LogP contribution in [-0.2, 0) is 0 Å². The lowest BCUT2D eigenvalue weighted by molar-refractivity contribution is 0.867. The van der Waals surface area contributed by atoms with Gasteiger partial charge in [-0.1, -0.05) is 38.1 Å². The van der Waals surface area contributed by atoms with E-state index in [4.69, 9.17) is 12.2 Å². The molecule has 0 aliphatic carbocycles. The van der Waals surface area contributed by atoms with Crippen LogP contribution in [0.1, 0.15) is 32.3 Å². The van der Waals surface area contributed by atoms with Crippen LogP contribution >= 0.6 is 12.2 Å². The molecule has 0 aliphatic heterocycles. The molecule has 1 aromatic rings. The van der Waals surface area contributed by atoms with Crippen LogP contribution in [-0.4, -0.2) is 11.7 Å². The molecule has 0 aliphatic rings. The van der Waals surface area contributed by atoms with Gasteiger partial charge in [0.05, 0.1) is 0 Å². The molecule has 0 bridgehead atoms. The maximum atomic E-state index is 5.18. The molecule has 0 heterocycles. The van der Waals surface area contributed by atoms with Gasteiger partial charge in [0.1, 0.15) is 0 Å². The van der Waals surface area contributed by atoms with Crippen molar-refractivity contribution in [2.45, 2.75) is 26.7 Å². The van der Waals surface area contributed by atoms with E-state index in [2.05, 4.69) is 43.2 Å². The molecule has 0 unspecified atom stereocenters. The van der Waals surface area contributed by atoms with Crippen LogP contribution in [0, 0.1) is 0 Å². The molecule has 0 amide bonds. The van der Waals surface area contributed by atoms with Crippen molar-refractivity contribution >= 4 is 23.0 Å². The van der Waals surface area contributed by atoms with Crippen LogP contribution in [0.15, 0.2) is 36.4 Å². The summed E-state index contributed by atoms with van der Waals surface area (Å²) in [7, 11) is 0. The van der Waals surface area contributed by atoms with Gasteiger partial charge < -0.3 is 10.6 Å². The van der Waals surface area contributed by atoms with Gasteiger partial charge in [-0.05, 0) is 42.8 Å². The number of nitrogens with one attached hydrogen (secondary N) is 2. The van der Waals surface area contributed by atoms with Crippen LogP contribution < -0.4 is 10.6 Å². The van der Waals surface area contributed by atoms with Crippen LogP contribution in [0.3, 0.4) is 0 Å². The summed E-state index contributed by atoms with van der Waals surface area (Å²) in [6, 6.07) is 8.33. The number of hydrogen-bond donors (Lipinski definition) is 2. The normalized spacial score (nSPS) is 10.1. The van der Waals surface area contributed by atoms with Crippen molar-refractivity contribution in [3.63, 3.8) is 0 Å². The molecule has 0 saturated heterocycles. The van der Waals surface area contributed by atoms with Crippen molar-refractivity contribution in [3.05, 3.63) is 42.0 Å². The summed E-state index contributed by atoms with van der Waals surface area (Å²) in [5.74, 6) is 0.553. The maximum absolute atomic E-state index is 5.18. The monoisotopic (exact) mass is 248 g/mol. The molecule has 0 radical (unpaired) electrons. The van der Waals surface area contributed by atoms with E-state index >= 15 is 0 Å². The maximum Gasteiger partial charge on any atom is 0.171 e. The molecule has 92 valence electrons. The van der Waals surface area contributed by atoms with Crippen molar-refractivity contribution in [1.29, 1.82) is 0 Å². The Kier molecular flexibility index (Phi) is 5.16. The molecule has 2 N–H and O–H groups in total. The second-order valence-corrected chi connectivity index (χ2v) is 4.95. The Bertz CT molecular complexity index is 393. The molecule has 1 aromatic carbocycles. The molecule has 2 nitrogen and oxygen atoms in total. The van der Waals surface area contributed by atoms with Gasteiger partial charge in [-0.3, -0.25) is 0 Å². The first-order valence-corrected chi connectivity index (χ1v) is 6.19. The largest absolute Gasteiger partial charge is 0.359 e. The number of thiocarbonyl (C=S) groups is 1. The zero-order chi connectivity index (χ0) is 12.8. The third-order valence-corrected chi connectivity index (χ3v) is 2.63. The fourth-order valence-corrected chi connectivity index (χ4v) is 1.55. The van der Waals surface area contributed by atoms with Crippen LogP contribution in [0.2, 0.25) is 0 Å². The predicted octanol–water partition coefficient (Wildman–Crippen LogP) is 3.67.